The van der Waals surface area contributed by atoms with Gasteiger partial charge in [-0.1, -0.05) is 0 Å². The highest BCUT2D eigenvalue weighted by Gasteiger charge is 2.08. The van der Waals surface area contributed by atoms with Crippen molar-refractivity contribution in [1.29, 1.82) is 0 Å². The van der Waals surface area contributed by atoms with Crippen molar-refractivity contribution in [3.8, 4) is 23.1 Å². The summed E-state index contributed by atoms with van der Waals surface area (Å²) in [4.78, 5) is 3.85. The molecule has 2 aromatic rings. The first-order valence-corrected chi connectivity index (χ1v) is 4.61. The normalized spacial score (nSPS) is 9.88. The number of rotatable bonds is 4. The maximum Gasteiger partial charge on any atom is 0.258 e. The molecular weight excluding hydrogens is 210 g/mol. The van der Waals surface area contributed by atoms with Crippen LogP contribution in [0.25, 0.3) is 0 Å². The van der Waals surface area contributed by atoms with Gasteiger partial charge in [0.2, 0.25) is 0 Å². The Morgan fingerprint density at radius 2 is 2.00 bits per heavy atom. The zero-order chi connectivity index (χ0) is 11.4. The molecule has 84 valence electrons. The summed E-state index contributed by atoms with van der Waals surface area (Å²) in [5.41, 5.74) is 0. The van der Waals surface area contributed by atoms with Crippen molar-refractivity contribution in [3.63, 3.8) is 0 Å². The van der Waals surface area contributed by atoms with Crippen LogP contribution in [0.2, 0.25) is 0 Å². The molecule has 0 N–H and O–H groups in total. The van der Waals surface area contributed by atoms with Crippen molar-refractivity contribution < 1.29 is 18.6 Å². The van der Waals surface area contributed by atoms with E-state index in [2.05, 4.69) is 4.98 Å². The molecule has 0 aliphatic rings. The van der Waals surface area contributed by atoms with Gasteiger partial charge in [-0.3, -0.25) is 0 Å². The SMILES string of the molecule is COc1ccc(Oc2cocn2)c(OC)c1. The van der Waals surface area contributed by atoms with Gasteiger partial charge in [0, 0.05) is 6.07 Å². The van der Waals surface area contributed by atoms with Crippen LogP contribution < -0.4 is 14.2 Å². The number of aromatic nitrogens is 1. The summed E-state index contributed by atoms with van der Waals surface area (Å²) in [6.07, 6.45) is 2.70. The van der Waals surface area contributed by atoms with Crippen LogP contribution in [0.15, 0.2) is 35.3 Å². The number of ether oxygens (including phenoxy) is 3. The predicted molar refractivity (Wildman–Crippen MR) is 56.1 cm³/mol. The Morgan fingerprint density at radius 3 is 2.62 bits per heavy atom. The number of benzene rings is 1. The highest BCUT2D eigenvalue weighted by atomic mass is 16.5. The number of nitrogens with zero attached hydrogens (tertiary/aromatic N) is 1. The summed E-state index contributed by atoms with van der Waals surface area (Å²) < 4.78 is 20.5. The molecule has 0 atom stereocenters. The van der Waals surface area contributed by atoms with Crippen molar-refractivity contribution in [2.24, 2.45) is 0 Å². The lowest BCUT2D eigenvalue weighted by Gasteiger charge is -2.09. The van der Waals surface area contributed by atoms with Gasteiger partial charge in [-0.05, 0) is 12.1 Å². The molecular formula is C11H11NO4. The summed E-state index contributed by atoms with van der Waals surface area (Å²) in [5, 5.41) is 0. The van der Waals surface area contributed by atoms with Crippen LogP contribution in [0.1, 0.15) is 0 Å². The molecule has 0 aliphatic carbocycles. The van der Waals surface area contributed by atoms with Crippen molar-refractivity contribution >= 4 is 0 Å². The number of oxazole rings is 1. The third-order valence-corrected chi connectivity index (χ3v) is 1.99. The molecule has 1 aromatic carbocycles. The van der Waals surface area contributed by atoms with E-state index in [-0.39, 0.29) is 0 Å². The Labute approximate surface area is 92.6 Å². The third-order valence-electron chi connectivity index (χ3n) is 1.99. The van der Waals surface area contributed by atoms with Crippen LogP contribution in [0.4, 0.5) is 0 Å². The molecule has 0 spiro atoms. The second-order valence-electron chi connectivity index (χ2n) is 2.95. The molecule has 1 heterocycles. The van der Waals surface area contributed by atoms with Crippen molar-refractivity contribution in [1.82, 2.24) is 4.98 Å². The number of hydrogen-bond donors (Lipinski definition) is 0. The minimum Gasteiger partial charge on any atom is -0.497 e. The van der Waals surface area contributed by atoms with Crippen LogP contribution in [0.5, 0.6) is 23.1 Å². The molecule has 0 amide bonds. The van der Waals surface area contributed by atoms with Crippen LogP contribution in [0.3, 0.4) is 0 Å². The monoisotopic (exact) mass is 221 g/mol. The van der Waals surface area contributed by atoms with E-state index in [4.69, 9.17) is 18.6 Å². The van der Waals surface area contributed by atoms with Crippen molar-refractivity contribution in [2.75, 3.05) is 14.2 Å². The summed E-state index contributed by atoms with van der Waals surface area (Å²) in [7, 11) is 3.15. The van der Waals surface area contributed by atoms with Gasteiger partial charge < -0.3 is 18.6 Å². The van der Waals surface area contributed by atoms with Crippen LogP contribution in [0, 0.1) is 0 Å². The zero-order valence-corrected chi connectivity index (χ0v) is 8.97. The van der Waals surface area contributed by atoms with E-state index in [0.29, 0.717) is 23.1 Å². The maximum atomic E-state index is 5.45. The summed E-state index contributed by atoms with van der Waals surface area (Å²) in [5.74, 6) is 2.20. The molecule has 0 unspecified atom stereocenters. The molecule has 5 heteroatoms. The fraction of sp³-hybridized carbons (Fsp3) is 0.182. The quantitative estimate of drug-likeness (QED) is 0.793. The molecule has 2 rings (SSSR count). The van der Waals surface area contributed by atoms with E-state index in [0.717, 1.165) is 0 Å². The van der Waals surface area contributed by atoms with Gasteiger partial charge in [-0.15, -0.1) is 0 Å². The largest absolute Gasteiger partial charge is 0.497 e. The van der Waals surface area contributed by atoms with E-state index in [9.17, 15) is 0 Å². The molecule has 1 aromatic heterocycles. The van der Waals surface area contributed by atoms with Crippen LogP contribution >= 0.6 is 0 Å². The van der Waals surface area contributed by atoms with E-state index in [1.165, 1.54) is 12.7 Å². The fourth-order valence-corrected chi connectivity index (χ4v) is 1.22. The Balaban J connectivity index is 2.26. The Kier molecular flexibility index (Phi) is 2.95. The minimum absolute atomic E-state index is 0.378. The Bertz CT molecular complexity index is 453. The van der Waals surface area contributed by atoms with E-state index in [1.54, 1.807) is 32.4 Å². The van der Waals surface area contributed by atoms with Crippen LogP contribution in [-0.2, 0) is 0 Å². The lowest BCUT2D eigenvalue weighted by Crippen LogP contribution is -1.91. The molecule has 0 bridgehead atoms. The first-order chi connectivity index (χ1) is 7.83. The third kappa shape index (κ3) is 2.08. The van der Waals surface area contributed by atoms with E-state index >= 15 is 0 Å². The molecule has 0 saturated heterocycles. The van der Waals surface area contributed by atoms with Gasteiger partial charge >= 0.3 is 0 Å². The molecule has 0 aliphatic heterocycles. The second kappa shape index (κ2) is 4.57. The van der Waals surface area contributed by atoms with Gasteiger partial charge in [-0.2, -0.15) is 4.98 Å². The summed E-state index contributed by atoms with van der Waals surface area (Å²) in [6.45, 7) is 0. The average Bonchev–Trinajstić information content (AvgIpc) is 2.82. The first-order valence-electron chi connectivity index (χ1n) is 4.61. The standard InChI is InChI=1S/C11H11NO4/c1-13-8-3-4-9(10(5-8)14-2)16-11-6-15-7-12-11/h3-7H,1-2H3. The molecule has 5 nitrogen and oxygen atoms in total. The van der Waals surface area contributed by atoms with Gasteiger partial charge in [-0.25, -0.2) is 0 Å². The fourth-order valence-electron chi connectivity index (χ4n) is 1.22. The van der Waals surface area contributed by atoms with Crippen molar-refractivity contribution in [3.05, 3.63) is 30.9 Å². The van der Waals surface area contributed by atoms with Gasteiger partial charge in [0.05, 0.1) is 14.2 Å². The number of hydrogen-bond acceptors (Lipinski definition) is 5. The molecule has 16 heavy (non-hydrogen) atoms. The van der Waals surface area contributed by atoms with E-state index in [1.807, 2.05) is 0 Å². The summed E-state index contributed by atoms with van der Waals surface area (Å²) >= 11 is 0. The highest BCUT2D eigenvalue weighted by Crippen LogP contribution is 2.33. The molecule has 0 fully saturated rings. The zero-order valence-electron chi connectivity index (χ0n) is 8.97. The van der Waals surface area contributed by atoms with Gasteiger partial charge in [0.25, 0.3) is 5.88 Å². The average molecular weight is 221 g/mol. The summed E-state index contributed by atoms with van der Waals surface area (Å²) in [6, 6.07) is 5.25. The van der Waals surface area contributed by atoms with E-state index < -0.39 is 0 Å². The highest BCUT2D eigenvalue weighted by molar-refractivity contribution is 5.46. The van der Waals surface area contributed by atoms with Crippen LogP contribution in [-0.4, -0.2) is 19.2 Å². The second-order valence-corrected chi connectivity index (χ2v) is 2.95. The first kappa shape index (κ1) is 10.4. The van der Waals surface area contributed by atoms with Gasteiger partial charge in [0.1, 0.15) is 5.75 Å². The smallest absolute Gasteiger partial charge is 0.258 e. The van der Waals surface area contributed by atoms with Gasteiger partial charge in [0.15, 0.2) is 24.2 Å². The van der Waals surface area contributed by atoms with Crippen molar-refractivity contribution in [2.45, 2.75) is 0 Å². The molecule has 0 radical (unpaired) electrons. The predicted octanol–water partition coefficient (Wildman–Crippen LogP) is 2.48. The minimum atomic E-state index is 0.378. The lowest BCUT2D eigenvalue weighted by atomic mass is 10.3. The maximum absolute atomic E-state index is 5.45. The Hall–Kier alpha value is -2.17. The number of methoxy groups -OCH3 is 2. The topological polar surface area (TPSA) is 53.7 Å². The Morgan fingerprint density at radius 1 is 1.12 bits per heavy atom. The molecule has 0 saturated carbocycles. The lowest BCUT2D eigenvalue weighted by molar-refractivity contribution is 0.364.